The van der Waals surface area contributed by atoms with Crippen molar-refractivity contribution >= 4 is 27.0 Å². The summed E-state index contributed by atoms with van der Waals surface area (Å²) in [5, 5.41) is 0.00156. The largest absolute Gasteiger partial charge is 0.330 e. The minimum atomic E-state index is -3.76. The summed E-state index contributed by atoms with van der Waals surface area (Å²) in [7, 11) is -3.76. The van der Waals surface area contributed by atoms with Crippen LogP contribution < -0.4 is 16.0 Å². The molecule has 0 saturated carbocycles. The number of benzene rings is 1. The maximum atomic E-state index is 12.2. The molecule has 10 heteroatoms. The Morgan fingerprint density at radius 2 is 1.92 bits per heavy atom. The first-order chi connectivity index (χ1) is 12.2. The number of H-pyrrole nitrogens is 1. The standard InChI is InChI=1S/C16H14N4O5S/c1-26(24,25)19-14(21)11-7-12-13(17-8-11)20(16(23)18-15(12)22)9-10-5-3-2-4-6-10/h2-8H,9H2,1H3,(H,19,21)(H,18,22,23). The van der Waals surface area contributed by atoms with Gasteiger partial charge < -0.3 is 0 Å². The van der Waals surface area contributed by atoms with E-state index in [1.54, 1.807) is 4.72 Å². The Kier molecular flexibility index (Phi) is 4.43. The van der Waals surface area contributed by atoms with Gasteiger partial charge in [0.1, 0.15) is 5.65 Å². The van der Waals surface area contributed by atoms with E-state index in [0.717, 1.165) is 18.0 Å². The number of aromatic nitrogens is 3. The van der Waals surface area contributed by atoms with Crippen LogP contribution in [0.5, 0.6) is 0 Å². The van der Waals surface area contributed by atoms with Crippen molar-refractivity contribution in [1.29, 1.82) is 0 Å². The van der Waals surface area contributed by atoms with E-state index in [9.17, 15) is 22.8 Å². The van der Waals surface area contributed by atoms with Crippen LogP contribution in [0.1, 0.15) is 15.9 Å². The molecule has 0 aliphatic heterocycles. The van der Waals surface area contributed by atoms with Crippen molar-refractivity contribution in [1.82, 2.24) is 19.3 Å². The molecule has 0 fully saturated rings. The van der Waals surface area contributed by atoms with Gasteiger partial charge in [0.05, 0.1) is 23.8 Å². The van der Waals surface area contributed by atoms with Crippen LogP contribution >= 0.6 is 0 Å². The van der Waals surface area contributed by atoms with Crippen LogP contribution in [0.2, 0.25) is 0 Å². The SMILES string of the molecule is CS(=O)(=O)NC(=O)c1cnc2c(c1)c(=O)[nH]c(=O)n2Cc1ccccc1. The highest BCUT2D eigenvalue weighted by molar-refractivity contribution is 7.89. The normalized spacial score (nSPS) is 11.4. The lowest BCUT2D eigenvalue weighted by molar-refractivity contribution is 0.0981. The number of fused-ring (bicyclic) bond motifs is 1. The zero-order valence-electron chi connectivity index (χ0n) is 13.6. The molecule has 9 nitrogen and oxygen atoms in total. The number of amides is 1. The van der Waals surface area contributed by atoms with Gasteiger partial charge in [-0.2, -0.15) is 0 Å². The number of nitrogens with zero attached hydrogens (tertiary/aromatic N) is 2. The summed E-state index contributed by atoms with van der Waals surface area (Å²) in [6.07, 6.45) is 1.95. The quantitative estimate of drug-likeness (QED) is 0.651. The molecule has 0 radical (unpaired) electrons. The number of hydrogen-bond acceptors (Lipinski definition) is 6. The summed E-state index contributed by atoms with van der Waals surface area (Å²) < 4.78 is 25.4. The number of pyridine rings is 1. The first-order valence-corrected chi connectivity index (χ1v) is 9.32. The molecule has 0 aliphatic rings. The fourth-order valence-electron chi connectivity index (χ4n) is 2.43. The zero-order valence-corrected chi connectivity index (χ0v) is 14.4. The third-order valence-electron chi connectivity index (χ3n) is 3.56. The molecular formula is C16H14N4O5S. The van der Waals surface area contributed by atoms with Crippen LogP contribution in [0.4, 0.5) is 0 Å². The van der Waals surface area contributed by atoms with E-state index in [2.05, 4.69) is 9.97 Å². The van der Waals surface area contributed by atoms with Crippen LogP contribution in [-0.2, 0) is 16.6 Å². The van der Waals surface area contributed by atoms with Gasteiger partial charge in [0.25, 0.3) is 11.5 Å². The number of rotatable bonds is 4. The molecule has 0 spiro atoms. The van der Waals surface area contributed by atoms with E-state index >= 15 is 0 Å². The third kappa shape index (κ3) is 3.70. The van der Waals surface area contributed by atoms with Gasteiger partial charge in [0.15, 0.2) is 0 Å². The summed E-state index contributed by atoms with van der Waals surface area (Å²) in [6, 6.07) is 10.3. The summed E-state index contributed by atoms with van der Waals surface area (Å²) >= 11 is 0. The second kappa shape index (κ2) is 6.56. The Hall–Kier alpha value is -3.27. The van der Waals surface area contributed by atoms with Gasteiger partial charge in [-0.25, -0.2) is 22.9 Å². The minimum absolute atomic E-state index is 0.00156. The molecule has 0 saturated heterocycles. The Balaban J connectivity index is 2.12. The van der Waals surface area contributed by atoms with Gasteiger partial charge >= 0.3 is 5.69 Å². The average molecular weight is 374 g/mol. The summed E-state index contributed by atoms with van der Waals surface area (Å²) in [5.74, 6) is -0.915. The molecule has 2 aromatic heterocycles. The summed E-state index contributed by atoms with van der Waals surface area (Å²) in [4.78, 5) is 42.4. The molecule has 3 aromatic rings. The van der Waals surface area contributed by atoms with E-state index in [0.29, 0.717) is 0 Å². The Morgan fingerprint density at radius 1 is 1.23 bits per heavy atom. The second-order valence-electron chi connectivity index (χ2n) is 5.63. The predicted molar refractivity (Wildman–Crippen MR) is 94.5 cm³/mol. The monoisotopic (exact) mass is 374 g/mol. The highest BCUT2D eigenvalue weighted by Crippen LogP contribution is 2.10. The first-order valence-electron chi connectivity index (χ1n) is 7.43. The van der Waals surface area contributed by atoms with Crippen molar-refractivity contribution in [2.24, 2.45) is 0 Å². The molecule has 134 valence electrons. The van der Waals surface area contributed by atoms with Gasteiger partial charge in [-0.15, -0.1) is 0 Å². The van der Waals surface area contributed by atoms with Gasteiger partial charge in [-0.3, -0.25) is 19.1 Å². The highest BCUT2D eigenvalue weighted by Gasteiger charge is 2.15. The minimum Gasteiger partial charge on any atom is -0.273 e. The van der Waals surface area contributed by atoms with Gasteiger partial charge in [-0.1, -0.05) is 30.3 Å². The third-order valence-corrected chi connectivity index (χ3v) is 4.11. The number of sulfonamides is 1. The maximum Gasteiger partial charge on any atom is 0.330 e. The number of aromatic amines is 1. The fourth-order valence-corrected chi connectivity index (χ4v) is 2.89. The van der Waals surface area contributed by atoms with Gasteiger partial charge in [-0.05, 0) is 11.6 Å². The Morgan fingerprint density at radius 3 is 2.58 bits per heavy atom. The van der Waals surface area contributed by atoms with Crippen molar-refractivity contribution in [2.75, 3.05) is 6.26 Å². The number of carbonyl (C=O) groups excluding carboxylic acids is 1. The fraction of sp³-hybridized carbons (Fsp3) is 0.125. The molecule has 0 unspecified atom stereocenters. The molecule has 1 aromatic carbocycles. The van der Waals surface area contributed by atoms with Crippen LogP contribution in [0.15, 0.2) is 52.2 Å². The van der Waals surface area contributed by atoms with Gasteiger partial charge in [0.2, 0.25) is 10.0 Å². The van der Waals surface area contributed by atoms with Crippen LogP contribution in [0, 0.1) is 0 Å². The molecule has 2 N–H and O–H groups in total. The molecule has 1 amide bonds. The lowest BCUT2D eigenvalue weighted by atomic mass is 10.2. The molecule has 0 aliphatic carbocycles. The van der Waals surface area contributed by atoms with Crippen LogP contribution in [0.25, 0.3) is 11.0 Å². The first kappa shape index (κ1) is 17.5. The topological polar surface area (TPSA) is 131 Å². The van der Waals surface area contributed by atoms with E-state index in [4.69, 9.17) is 0 Å². The number of nitrogens with one attached hydrogen (secondary N) is 2. The van der Waals surface area contributed by atoms with Crippen molar-refractivity contribution in [3.05, 3.63) is 74.6 Å². The molecule has 0 bridgehead atoms. The lowest BCUT2D eigenvalue weighted by Gasteiger charge is -2.10. The van der Waals surface area contributed by atoms with Crippen molar-refractivity contribution < 1.29 is 13.2 Å². The smallest absolute Gasteiger partial charge is 0.273 e. The van der Waals surface area contributed by atoms with Gasteiger partial charge in [0, 0.05) is 6.20 Å². The second-order valence-corrected chi connectivity index (χ2v) is 7.38. The highest BCUT2D eigenvalue weighted by atomic mass is 32.2. The average Bonchev–Trinajstić information content (AvgIpc) is 2.57. The lowest BCUT2D eigenvalue weighted by Crippen LogP contribution is -2.32. The number of hydrogen-bond donors (Lipinski definition) is 2. The summed E-state index contributed by atoms with van der Waals surface area (Å²) in [6.45, 7) is 0.175. The van der Waals surface area contributed by atoms with E-state index in [1.165, 1.54) is 10.6 Å². The predicted octanol–water partition coefficient (Wildman–Crippen LogP) is -0.177. The van der Waals surface area contributed by atoms with E-state index in [1.807, 2.05) is 30.3 Å². The molecule has 26 heavy (non-hydrogen) atoms. The van der Waals surface area contributed by atoms with Crippen molar-refractivity contribution in [3.8, 4) is 0 Å². The molecule has 2 heterocycles. The Labute approximate surface area is 147 Å². The molecular weight excluding hydrogens is 360 g/mol. The Bertz CT molecular complexity index is 1210. The number of carbonyl (C=O) groups is 1. The molecule has 3 rings (SSSR count). The van der Waals surface area contributed by atoms with E-state index < -0.39 is 27.2 Å². The van der Waals surface area contributed by atoms with E-state index in [-0.39, 0.29) is 23.1 Å². The van der Waals surface area contributed by atoms with Crippen LogP contribution in [0.3, 0.4) is 0 Å². The van der Waals surface area contributed by atoms with Crippen molar-refractivity contribution in [3.63, 3.8) is 0 Å². The summed E-state index contributed by atoms with van der Waals surface area (Å²) in [5.41, 5.74) is -0.538. The zero-order chi connectivity index (χ0) is 18.9. The van der Waals surface area contributed by atoms with Crippen molar-refractivity contribution in [2.45, 2.75) is 6.54 Å². The molecule has 0 atom stereocenters. The van der Waals surface area contributed by atoms with Crippen LogP contribution in [-0.4, -0.2) is 35.1 Å². The maximum absolute atomic E-state index is 12.2.